The van der Waals surface area contributed by atoms with Crippen LogP contribution in [0, 0.1) is 13.8 Å². The highest BCUT2D eigenvalue weighted by molar-refractivity contribution is 5.64. The van der Waals surface area contributed by atoms with E-state index >= 15 is 0 Å². The van der Waals surface area contributed by atoms with Crippen LogP contribution >= 0.6 is 0 Å². The fraction of sp³-hybridized carbons (Fsp3) is 0.296. The van der Waals surface area contributed by atoms with E-state index < -0.39 is 0 Å². The summed E-state index contributed by atoms with van der Waals surface area (Å²) in [5.41, 5.74) is 5.44. The molecule has 162 valence electrons. The van der Waals surface area contributed by atoms with Gasteiger partial charge in [-0.05, 0) is 67.3 Å². The first kappa shape index (κ1) is 22.6. The van der Waals surface area contributed by atoms with Crippen LogP contribution in [-0.4, -0.2) is 31.9 Å². The summed E-state index contributed by atoms with van der Waals surface area (Å²) in [6.45, 7) is 7.13. The molecule has 1 unspecified atom stereocenters. The maximum atomic E-state index is 6.26. The average molecular weight is 417 g/mol. The Morgan fingerprint density at radius 2 is 1.74 bits per heavy atom. The molecule has 0 saturated heterocycles. The molecule has 4 nitrogen and oxygen atoms in total. The van der Waals surface area contributed by atoms with E-state index in [9.17, 15) is 0 Å². The van der Waals surface area contributed by atoms with Gasteiger partial charge in [-0.2, -0.15) is 0 Å². The van der Waals surface area contributed by atoms with Crippen molar-refractivity contribution in [2.75, 3.05) is 20.7 Å². The van der Waals surface area contributed by atoms with Crippen LogP contribution in [0.5, 0.6) is 11.5 Å². The topological polar surface area (TPSA) is 34.1 Å². The molecule has 0 aromatic heterocycles. The van der Waals surface area contributed by atoms with Gasteiger partial charge in [0.05, 0.1) is 18.1 Å². The molecular formula is C27H32N2O2. The summed E-state index contributed by atoms with van der Waals surface area (Å²) in [5, 5.41) is 0. The summed E-state index contributed by atoms with van der Waals surface area (Å²) >= 11 is 0. The van der Waals surface area contributed by atoms with Crippen LogP contribution in [-0.2, 0) is 11.2 Å². The Bertz CT molecular complexity index is 1010. The Hall–Kier alpha value is -3.11. The minimum absolute atomic E-state index is 0.0268. The SMILES string of the molecule is CCN(C)C=Nc1cc(C)c(Oc2cccc(C(Cc3ccccc3)OC)c2)cc1C. The Morgan fingerprint density at radius 1 is 0.968 bits per heavy atom. The van der Waals surface area contributed by atoms with E-state index in [1.165, 1.54) is 5.56 Å². The fourth-order valence-corrected chi connectivity index (χ4v) is 3.34. The van der Waals surface area contributed by atoms with Gasteiger partial charge >= 0.3 is 0 Å². The van der Waals surface area contributed by atoms with Crippen molar-refractivity contribution < 1.29 is 9.47 Å². The predicted molar refractivity (Wildman–Crippen MR) is 129 cm³/mol. The zero-order valence-corrected chi connectivity index (χ0v) is 19.1. The van der Waals surface area contributed by atoms with Crippen molar-refractivity contribution in [3.8, 4) is 11.5 Å². The number of ether oxygens (including phenoxy) is 2. The van der Waals surface area contributed by atoms with Crippen molar-refractivity contribution in [2.24, 2.45) is 4.99 Å². The van der Waals surface area contributed by atoms with E-state index in [4.69, 9.17) is 9.47 Å². The lowest BCUT2D eigenvalue weighted by Gasteiger charge is -2.18. The van der Waals surface area contributed by atoms with Crippen LogP contribution in [0.3, 0.4) is 0 Å². The smallest absolute Gasteiger partial charge is 0.130 e. The normalized spacial score (nSPS) is 12.2. The summed E-state index contributed by atoms with van der Waals surface area (Å²) in [6, 6.07) is 22.7. The van der Waals surface area contributed by atoms with Gasteiger partial charge in [0.15, 0.2) is 0 Å². The van der Waals surface area contributed by atoms with E-state index in [2.05, 4.69) is 74.3 Å². The lowest BCUT2D eigenvalue weighted by atomic mass is 10.0. The Balaban J connectivity index is 1.78. The van der Waals surface area contributed by atoms with Crippen molar-refractivity contribution in [2.45, 2.75) is 33.3 Å². The Kier molecular flexibility index (Phi) is 7.85. The highest BCUT2D eigenvalue weighted by atomic mass is 16.5. The molecule has 3 rings (SSSR count). The minimum Gasteiger partial charge on any atom is -0.457 e. The molecule has 0 aliphatic rings. The number of methoxy groups -OCH3 is 1. The van der Waals surface area contributed by atoms with Crippen molar-refractivity contribution in [3.05, 3.63) is 89.0 Å². The molecule has 0 N–H and O–H groups in total. The van der Waals surface area contributed by atoms with Crippen LogP contribution in [0.4, 0.5) is 5.69 Å². The molecule has 31 heavy (non-hydrogen) atoms. The zero-order chi connectivity index (χ0) is 22.2. The average Bonchev–Trinajstić information content (AvgIpc) is 2.79. The molecule has 0 amide bonds. The zero-order valence-electron chi connectivity index (χ0n) is 19.1. The molecule has 0 fully saturated rings. The van der Waals surface area contributed by atoms with Crippen molar-refractivity contribution in [3.63, 3.8) is 0 Å². The minimum atomic E-state index is -0.0268. The van der Waals surface area contributed by atoms with Crippen LogP contribution in [0.1, 0.15) is 35.3 Å². The summed E-state index contributed by atoms with van der Waals surface area (Å²) in [4.78, 5) is 6.65. The Labute approximate surface area is 186 Å². The number of aryl methyl sites for hydroxylation is 2. The first-order chi connectivity index (χ1) is 15.0. The van der Waals surface area contributed by atoms with Crippen LogP contribution < -0.4 is 4.74 Å². The standard InChI is InChI=1S/C27H32N2O2/c1-6-29(4)19-28-25-15-21(3)26(16-20(25)2)31-24-14-10-13-23(18-24)27(30-5)17-22-11-8-7-9-12-22/h7-16,18-19,27H,6,17H2,1-5H3. The van der Waals surface area contributed by atoms with Gasteiger partial charge in [0.25, 0.3) is 0 Å². The first-order valence-corrected chi connectivity index (χ1v) is 10.7. The number of benzene rings is 3. The van der Waals surface area contributed by atoms with Crippen LogP contribution in [0.2, 0.25) is 0 Å². The summed E-state index contributed by atoms with van der Waals surface area (Å²) in [7, 11) is 3.77. The third-order valence-corrected chi connectivity index (χ3v) is 5.39. The van der Waals surface area contributed by atoms with Gasteiger partial charge in [-0.3, -0.25) is 0 Å². The van der Waals surface area contributed by atoms with Gasteiger partial charge in [-0.1, -0.05) is 42.5 Å². The fourth-order valence-electron chi connectivity index (χ4n) is 3.34. The van der Waals surface area contributed by atoms with Crippen molar-refractivity contribution >= 4 is 12.0 Å². The highest BCUT2D eigenvalue weighted by Crippen LogP contribution is 2.33. The maximum Gasteiger partial charge on any atom is 0.130 e. The van der Waals surface area contributed by atoms with E-state index in [1.54, 1.807) is 7.11 Å². The number of hydrogen-bond donors (Lipinski definition) is 0. The number of aliphatic imine (C=N–C) groups is 1. The van der Waals surface area contributed by atoms with Gasteiger partial charge in [-0.15, -0.1) is 0 Å². The third-order valence-electron chi connectivity index (χ3n) is 5.39. The summed E-state index contributed by atoms with van der Waals surface area (Å²) in [5.74, 6) is 1.64. The molecule has 0 bridgehead atoms. The van der Waals surface area contributed by atoms with Gasteiger partial charge < -0.3 is 14.4 Å². The molecule has 0 aliphatic heterocycles. The third kappa shape index (κ3) is 6.19. The number of rotatable bonds is 9. The molecular weight excluding hydrogens is 384 g/mol. The second-order valence-corrected chi connectivity index (χ2v) is 7.81. The monoisotopic (exact) mass is 416 g/mol. The molecule has 0 heterocycles. The molecule has 0 saturated carbocycles. The second kappa shape index (κ2) is 10.8. The lowest BCUT2D eigenvalue weighted by Crippen LogP contribution is -2.14. The Morgan fingerprint density at radius 3 is 2.45 bits per heavy atom. The van der Waals surface area contributed by atoms with Crippen molar-refractivity contribution in [1.82, 2.24) is 4.90 Å². The summed E-state index contributed by atoms with van der Waals surface area (Å²) < 4.78 is 12.0. The van der Waals surface area contributed by atoms with Gasteiger partial charge in [0, 0.05) is 27.1 Å². The number of nitrogens with zero attached hydrogens (tertiary/aromatic N) is 2. The first-order valence-electron chi connectivity index (χ1n) is 10.7. The molecule has 3 aromatic carbocycles. The van der Waals surface area contributed by atoms with Gasteiger partial charge in [0.2, 0.25) is 0 Å². The molecule has 0 aliphatic carbocycles. The lowest BCUT2D eigenvalue weighted by molar-refractivity contribution is 0.103. The predicted octanol–water partition coefficient (Wildman–Crippen LogP) is 6.64. The molecule has 1 atom stereocenters. The molecule has 0 spiro atoms. The molecule has 3 aromatic rings. The summed E-state index contributed by atoms with van der Waals surface area (Å²) in [6.07, 6.45) is 2.65. The van der Waals surface area contributed by atoms with E-state index in [0.717, 1.165) is 46.8 Å². The highest BCUT2D eigenvalue weighted by Gasteiger charge is 2.13. The van der Waals surface area contributed by atoms with Crippen LogP contribution in [0.15, 0.2) is 71.7 Å². The maximum absolute atomic E-state index is 6.26. The number of hydrogen-bond acceptors (Lipinski definition) is 3. The van der Waals surface area contributed by atoms with E-state index in [1.807, 2.05) is 36.5 Å². The molecule has 0 radical (unpaired) electrons. The van der Waals surface area contributed by atoms with Gasteiger partial charge in [0.1, 0.15) is 11.5 Å². The molecule has 4 heteroatoms. The van der Waals surface area contributed by atoms with Crippen molar-refractivity contribution in [1.29, 1.82) is 0 Å². The van der Waals surface area contributed by atoms with E-state index in [0.29, 0.717) is 0 Å². The second-order valence-electron chi connectivity index (χ2n) is 7.81. The van der Waals surface area contributed by atoms with Gasteiger partial charge in [-0.25, -0.2) is 4.99 Å². The quantitative estimate of drug-likeness (QED) is 0.290. The van der Waals surface area contributed by atoms with E-state index in [-0.39, 0.29) is 6.10 Å². The van der Waals surface area contributed by atoms with Crippen LogP contribution in [0.25, 0.3) is 0 Å². The largest absolute Gasteiger partial charge is 0.457 e.